The first-order chi connectivity index (χ1) is 7.93. The largest absolute Gasteiger partial charge is 0.377 e. The maximum Gasteiger partial charge on any atom is 0.225 e. The van der Waals surface area contributed by atoms with Gasteiger partial charge in [0.25, 0.3) is 0 Å². The summed E-state index contributed by atoms with van der Waals surface area (Å²) in [7, 11) is 1.99. The molecule has 0 aromatic carbocycles. The van der Waals surface area contributed by atoms with Crippen LogP contribution in [0.1, 0.15) is 33.7 Å². The van der Waals surface area contributed by atoms with Gasteiger partial charge in [-0.2, -0.15) is 0 Å². The molecule has 0 radical (unpaired) electrons. The van der Waals surface area contributed by atoms with Crippen LogP contribution in [0.2, 0.25) is 0 Å². The number of H-pyrrole nitrogens is 1. The van der Waals surface area contributed by atoms with Gasteiger partial charge in [0.05, 0.1) is 12.7 Å². The molecular formula is C11H22N4OS. The van der Waals surface area contributed by atoms with Crippen molar-refractivity contribution in [3.63, 3.8) is 0 Å². The number of nitrogens with zero attached hydrogens (tertiary/aromatic N) is 3. The Morgan fingerprint density at radius 2 is 2.06 bits per heavy atom. The number of aromatic amines is 1. The van der Waals surface area contributed by atoms with E-state index in [2.05, 4.69) is 28.9 Å². The van der Waals surface area contributed by atoms with Crippen molar-refractivity contribution in [1.82, 2.24) is 14.8 Å². The standard InChI is InChI=1S/C11H22N4OS/c1-8(2)15-10(12-13-11(15)17)14(5)6-7-16-9(3)4/h8-9H,6-7H2,1-5H3,(H,13,17). The van der Waals surface area contributed by atoms with Crippen molar-refractivity contribution in [3.8, 4) is 0 Å². The minimum Gasteiger partial charge on any atom is -0.377 e. The highest BCUT2D eigenvalue weighted by Gasteiger charge is 2.13. The Kier molecular flexibility index (Phi) is 5.14. The van der Waals surface area contributed by atoms with Crippen molar-refractivity contribution in [3.05, 3.63) is 4.77 Å². The number of anilines is 1. The van der Waals surface area contributed by atoms with Gasteiger partial charge in [0, 0.05) is 19.6 Å². The number of nitrogens with one attached hydrogen (secondary N) is 1. The van der Waals surface area contributed by atoms with Gasteiger partial charge < -0.3 is 9.64 Å². The van der Waals surface area contributed by atoms with Crippen LogP contribution in [0.3, 0.4) is 0 Å². The van der Waals surface area contributed by atoms with E-state index in [0.717, 1.165) is 12.5 Å². The van der Waals surface area contributed by atoms with Crippen LogP contribution in [0.4, 0.5) is 5.95 Å². The molecule has 6 heteroatoms. The second-order valence-electron chi connectivity index (χ2n) is 4.63. The molecule has 1 heterocycles. The van der Waals surface area contributed by atoms with E-state index in [-0.39, 0.29) is 6.10 Å². The predicted octanol–water partition coefficient (Wildman–Crippen LogP) is 2.38. The van der Waals surface area contributed by atoms with E-state index in [1.807, 2.05) is 25.5 Å². The van der Waals surface area contributed by atoms with Crippen LogP contribution in [0.25, 0.3) is 0 Å². The summed E-state index contributed by atoms with van der Waals surface area (Å²) in [5.74, 6) is 0.859. The third kappa shape index (κ3) is 3.81. The summed E-state index contributed by atoms with van der Waals surface area (Å²) >= 11 is 5.21. The smallest absolute Gasteiger partial charge is 0.225 e. The van der Waals surface area contributed by atoms with Gasteiger partial charge in [-0.1, -0.05) is 0 Å². The molecule has 1 N–H and O–H groups in total. The summed E-state index contributed by atoms with van der Waals surface area (Å²) < 4.78 is 8.19. The van der Waals surface area contributed by atoms with Crippen molar-refractivity contribution in [1.29, 1.82) is 0 Å². The molecule has 0 fully saturated rings. The lowest BCUT2D eigenvalue weighted by Gasteiger charge is -2.21. The van der Waals surface area contributed by atoms with Crippen molar-refractivity contribution < 1.29 is 4.74 Å². The molecule has 17 heavy (non-hydrogen) atoms. The Morgan fingerprint density at radius 1 is 1.41 bits per heavy atom. The summed E-state index contributed by atoms with van der Waals surface area (Å²) in [6.45, 7) is 9.73. The van der Waals surface area contributed by atoms with E-state index >= 15 is 0 Å². The van der Waals surface area contributed by atoms with Crippen molar-refractivity contribution >= 4 is 18.2 Å². The molecule has 1 rings (SSSR count). The lowest BCUT2D eigenvalue weighted by molar-refractivity contribution is 0.0844. The molecule has 0 aliphatic rings. The van der Waals surface area contributed by atoms with Crippen LogP contribution in [-0.2, 0) is 4.74 Å². The van der Waals surface area contributed by atoms with Crippen molar-refractivity contribution in [2.75, 3.05) is 25.1 Å². The molecule has 0 atom stereocenters. The second kappa shape index (κ2) is 6.16. The van der Waals surface area contributed by atoms with E-state index in [9.17, 15) is 0 Å². The van der Waals surface area contributed by atoms with Gasteiger partial charge in [0.15, 0.2) is 4.77 Å². The van der Waals surface area contributed by atoms with Crippen LogP contribution in [0.15, 0.2) is 0 Å². The minimum atomic E-state index is 0.259. The third-order valence-electron chi connectivity index (χ3n) is 2.42. The fraction of sp³-hybridized carbons (Fsp3) is 0.818. The third-order valence-corrected chi connectivity index (χ3v) is 2.71. The van der Waals surface area contributed by atoms with Crippen LogP contribution in [0.5, 0.6) is 0 Å². The molecule has 0 aliphatic heterocycles. The maximum atomic E-state index is 5.53. The first kappa shape index (κ1) is 14.2. The number of hydrogen-bond acceptors (Lipinski definition) is 4. The monoisotopic (exact) mass is 258 g/mol. The van der Waals surface area contributed by atoms with E-state index in [4.69, 9.17) is 17.0 Å². The Morgan fingerprint density at radius 3 is 2.59 bits per heavy atom. The Bertz CT molecular complexity index is 396. The Hall–Kier alpha value is -0.880. The van der Waals surface area contributed by atoms with Crippen LogP contribution < -0.4 is 4.90 Å². The molecule has 0 bridgehead atoms. The quantitative estimate of drug-likeness (QED) is 0.796. The van der Waals surface area contributed by atoms with E-state index in [1.165, 1.54) is 0 Å². The summed E-state index contributed by atoms with van der Waals surface area (Å²) in [4.78, 5) is 2.05. The number of likely N-dealkylation sites (N-methyl/N-ethyl adjacent to an activating group) is 1. The molecule has 0 aliphatic carbocycles. The van der Waals surface area contributed by atoms with Gasteiger partial charge in [0.2, 0.25) is 5.95 Å². The van der Waals surface area contributed by atoms with E-state index in [0.29, 0.717) is 17.4 Å². The van der Waals surface area contributed by atoms with Gasteiger partial charge in [-0.25, -0.2) is 5.10 Å². The number of rotatable bonds is 6. The van der Waals surface area contributed by atoms with Crippen LogP contribution in [-0.4, -0.2) is 41.1 Å². The molecule has 0 amide bonds. The van der Waals surface area contributed by atoms with Gasteiger partial charge in [0.1, 0.15) is 0 Å². The highest BCUT2D eigenvalue weighted by atomic mass is 32.1. The number of ether oxygens (including phenoxy) is 1. The summed E-state index contributed by atoms with van der Waals surface area (Å²) in [5, 5.41) is 7.08. The number of aromatic nitrogens is 3. The van der Waals surface area contributed by atoms with Gasteiger partial charge in [-0.05, 0) is 39.9 Å². The average molecular weight is 258 g/mol. The molecule has 0 saturated heterocycles. The molecule has 98 valence electrons. The molecule has 1 aromatic rings. The summed E-state index contributed by atoms with van der Waals surface area (Å²) in [6.07, 6.45) is 0.259. The lowest BCUT2D eigenvalue weighted by Crippen LogP contribution is -2.27. The maximum absolute atomic E-state index is 5.53. The molecule has 0 unspecified atom stereocenters. The zero-order valence-corrected chi connectivity index (χ0v) is 12.0. The summed E-state index contributed by atoms with van der Waals surface area (Å²) in [5.41, 5.74) is 0. The molecule has 0 spiro atoms. The summed E-state index contributed by atoms with van der Waals surface area (Å²) in [6, 6.07) is 0.296. The molecule has 5 nitrogen and oxygen atoms in total. The zero-order chi connectivity index (χ0) is 13.0. The molecule has 1 aromatic heterocycles. The molecular weight excluding hydrogens is 236 g/mol. The fourth-order valence-corrected chi connectivity index (χ4v) is 1.89. The number of hydrogen-bond donors (Lipinski definition) is 1. The SMILES string of the molecule is CC(C)OCCN(C)c1n[nH]c(=S)n1C(C)C. The molecule has 0 saturated carbocycles. The minimum absolute atomic E-state index is 0.259. The highest BCUT2D eigenvalue weighted by Crippen LogP contribution is 2.15. The van der Waals surface area contributed by atoms with E-state index < -0.39 is 0 Å². The first-order valence-electron chi connectivity index (χ1n) is 5.93. The predicted molar refractivity (Wildman–Crippen MR) is 72.2 cm³/mol. The topological polar surface area (TPSA) is 46.1 Å². The highest BCUT2D eigenvalue weighted by molar-refractivity contribution is 7.71. The van der Waals surface area contributed by atoms with Crippen LogP contribution >= 0.6 is 12.2 Å². The van der Waals surface area contributed by atoms with Gasteiger partial charge in [-0.15, -0.1) is 5.10 Å². The van der Waals surface area contributed by atoms with Gasteiger partial charge >= 0.3 is 0 Å². The van der Waals surface area contributed by atoms with Crippen LogP contribution in [0, 0.1) is 4.77 Å². The first-order valence-corrected chi connectivity index (χ1v) is 6.34. The normalized spacial score (nSPS) is 11.5. The van der Waals surface area contributed by atoms with Crippen molar-refractivity contribution in [2.24, 2.45) is 0 Å². The zero-order valence-electron chi connectivity index (χ0n) is 11.2. The lowest BCUT2D eigenvalue weighted by atomic mass is 10.4. The fourth-order valence-electron chi connectivity index (χ4n) is 1.56. The van der Waals surface area contributed by atoms with Crippen molar-refractivity contribution in [2.45, 2.75) is 39.8 Å². The van der Waals surface area contributed by atoms with E-state index in [1.54, 1.807) is 0 Å². The second-order valence-corrected chi connectivity index (χ2v) is 5.02. The Labute approximate surface area is 108 Å². The average Bonchev–Trinajstić information content (AvgIpc) is 2.59. The van der Waals surface area contributed by atoms with Gasteiger partial charge in [-0.3, -0.25) is 4.57 Å². The Balaban J connectivity index is 2.69.